The van der Waals surface area contributed by atoms with E-state index in [1.807, 2.05) is 18.2 Å². The molecule has 21 heavy (non-hydrogen) atoms. The van der Waals surface area contributed by atoms with Crippen LogP contribution in [0.3, 0.4) is 0 Å². The van der Waals surface area contributed by atoms with E-state index in [-0.39, 0.29) is 4.90 Å². The minimum atomic E-state index is -3.86. The monoisotopic (exact) mass is 326 g/mol. The molecule has 0 aliphatic rings. The van der Waals surface area contributed by atoms with Gasteiger partial charge in [0.2, 0.25) is 15.5 Å². The van der Waals surface area contributed by atoms with Crippen molar-refractivity contribution in [3.63, 3.8) is 0 Å². The Morgan fingerprint density at radius 1 is 1.29 bits per heavy atom. The Hall–Kier alpha value is -1.63. The first-order valence-corrected chi connectivity index (χ1v) is 8.19. The van der Waals surface area contributed by atoms with Gasteiger partial charge in [0.25, 0.3) is 0 Å². The summed E-state index contributed by atoms with van der Waals surface area (Å²) in [6, 6.07) is 8.01. The van der Waals surface area contributed by atoms with Crippen molar-refractivity contribution in [2.45, 2.75) is 24.3 Å². The van der Waals surface area contributed by atoms with Crippen molar-refractivity contribution in [1.82, 2.24) is 9.71 Å². The molecule has 0 spiro atoms. The number of benzene rings is 1. The van der Waals surface area contributed by atoms with Crippen LogP contribution in [-0.4, -0.2) is 19.4 Å². The molecule has 1 aromatic carbocycles. The van der Waals surface area contributed by atoms with Gasteiger partial charge in [0.05, 0.1) is 0 Å². The normalized spacial score (nSPS) is 13.0. The fourth-order valence-electron chi connectivity index (χ4n) is 1.97. The lowest BCUT2D eigenvalue weighted by Crippen LogP contribution is -2.36. The fraction of sp³-hybridized carbons (Fsp3) is 0.214. The summed E-state index contributed by atoms with van der Waals surface area (Å²) in [6.45, 7) is 1.72. The molecule has 5 nitrogen and oxygen atoms in total. The molecule has 0 radical (unpaired) electrons. The standard InChI is InChI=1S/C14H15ClN2O3S/c1-10(8-11-4-2-3-5-12(11)15)17-21(19,20)14-9-16-7-6-13(14)18/h2-7,9-10,17H,8H2,1H3,(H,16,18). The van der Waals surface area contributed by atoms with E-state index in [0.29, 0.717) is 11.4 Å². The van der Waals surface area contributed by atoms with Gasteiger partial charge >= 0.3 is 0 Å². The van der Waals surface area contributed by atoms with Gasteiger partial charge in [0.1, 0.15) is 4.90 Å². The van der Waals surface area contributed by atoms with Crippen LogP contribution in [-0.2, 0) is 16.4 Å². The summed E-state index contributed by atoms with van der Waals surface area (Å²) in [5.41, 5.74) is 0.294. The SMILES string of the molecule is CC(Cc1ccccc1Cl)NS(=O)(=O)c1c[nH]ccc1=O. The summed E-state index contributed by atoms with van der Waals surface area (Å²) in [7, 11) is -3.86. The van der Waals surface area contributed by atoms with Gasteiger partial charge in [-0.05, 0) is 25.0 Å². The number of hydrogen-bond donors (Lipinski definition) is 2. The van der Waals surface area contributed by atoms with E-state index in [9.17, 15) is 13.2 Å². The van der Waals surface area contributed by atoms with Crippen molar-refractivity contribution >= 4 is 21.6 Å². The molecule has 112 valence electrons. The molecule has 7 heteroatoms. The molecule has 2 rings (SSSR count). The molecule has 0 amide bonds. The smallest absolute Gasteiger partial charge is 0.246 e. The predicted octanol–water partition coefficient (Wildman–Crippen LogP) is 1.94. The molecule has 0 aliphatic heterocycles. The van der Waals surface area contributed by atoms with Gasteiger partial charge < -0.3 is 4.98 Å². The van der Waals surface area contributed by atoms with Gasteiger partial charge in [0.15, 0.2) is 0 Å². The molecule has 2 N–H and O–H groups in total. The van der Waals surface area contributed by atoms with Crippen molar-refractivity contribution in [2.24, 2.45) is 0 Å². The molecule has 0 saturated heterocycles. The Morgan fingerprint density at radius 3 is 2.67 bits per heavy atom. The zero-order chi connectivity index (χ0) is 15.5. The van der Waals surface area contributed by atoms with Crippen molar-refractivity contribution in [1.29, 1.82) is 0 Å². The fourth-order valence-corrected chi connectivity index (χ4v) is 3.48. The van der Waals surface area contributed by atoms with E-state index >= 15 is 0 Å². The van der Waals surface area contributed by atoms with E-state index in [1.54, 1.807) is 13.0 Å². The Labute approximate surface area is 128 Å². The molecular formula is C14H15ClN2O3S. The third kappa shape index (κ3) is 3.93. The van der Waals surface area contributed by atoms with E-state index in [4.69, 9.17) is 11.6 Å². The van der Waals surface area contributed by atoms with Crippen molar-refractivity contribution < 1.29 is 8.42 Å². The Bertz CT molecular complexity index is 787. The summed E-state index contributed by atoms with van der Waals surface area (Å²) in [4.78, 5) is 13.9. The second kappa shape index (κ2) is 6.43. The minimum absolute atomic E-state index is 0.295. The number of aromatic nitrogens is 1. The summed E-state index contributed by atoms with van der Waals surface area (Å²) < 4.78 is 26.8. The van der Waals surface area contributed by atoms with E-state index in [2.05, 4.69) is 9.71 Å². The first-order valence-electron chi connectivity index (χ1n) is 6.33. The summed E-state index contributed by atoms with van der Waals surface area (Å²) in [6.07, 6.45) is 2.99. The summed E-state index contributed by atoms with van der Waals surface area (Å²) in [5, 5.41) is 0.584. The van der Waals surface area contributed by atoms with Crippen molar-refractivity contribution in [3.05, 3.63) is 63.5 Å². The Morgan fingerprint density at radius 2 is 2.00 bits per heavy atom. The third-order valence-corrected chi connectivity index (χ3v) is 4.90. The molecule has 0 saturated carbocycles. The second-order valence-corrected chi connectivity index (χ2v) is 6.78. The number of sulfonamides is 1. The average molecular weight is 327 g/mol. The van der Waals surface area contributed by atoms with Gasteiger partial charge in [-0.25, -0.2) is 13.1 Å². The highest BCUT2D eigenvalue weighted by Gasteiger charge is 2.20. The molecule has 0 aliphatic carbocycles. The first kappa shape index (κ1) is 15.8. The van der Waals surface area contributed by atoms with Gasteiger partial charge in [0, 0.05) is 29.5 Å². The molecular weight excluding hydrogens is 312 g/mol. The summed E-state index contributed by atoms with van der Waals surface area (Å²) >= 11 is 6.05. The van der Waals surface area contributed by atoms with Crippen LogP contribution in [0.2, 0.25) is 5.02 Å². The van der Waals surface area contributed by atoms with Gasteiger partial charge in [-0.2, -0.15) is 0 Å². The van der Waals surface area contributed by atoms with Crippen molar-refractivity contribution in [3.8, 4) is 0 Å². The maximum Gasteiger partial charge on any atom is 0.246 e. The predicted molar refractivity (Wildman–Crippen MR) is 82.0 cm³/mol. The Balaban J connectivity index is 2.16. The highest BCUT2D eigenvalue weighted by molar-refractivity contribution is 7.89. The lowest BCUT2D eigenvalue weighted by molar-refractivity contribution is 0.558. The van der Waals surface area contributed by atoms with Crippen LogP contribution < -0.4 is 10.2 Å². The number of aromatic amines is 1. The van der Waals surface area contributed by atoms with Crippen LogP contribution in [0, 0.1) is 0 Å². The highest BCUT2D eigenvalue weighted by Crippen LogP contribution is 2.17. The zero-order valence-electron chi connectivity index (χ0n) is 11.3. The molecule has 0 bridgehead atoms. The van der Waals surface area contributed by atoms with E-state index in [1.165, 1.54) is 18.5 Å². The van der Waals surface area contributed by atoms with Crippen molar-refractivity contribution in [2.75, 3.05) is 0 Å². The molecule has 1 unspecified atom stereocenters. The third-order valence-electron chi connectivity index (χ3n) is 2.92. The van der Waals surface area contributed by atoms with Gasteiger partial charge in [-0.3, -0.25) is 4.79 Å². The second-order valence-electron chi connectivity index (χ2n) is 4.69. The number of rotatable bonds is 5. The lowest BCUT2D eigenvalue weighted by Gasteiger charge is -2.14. The highest BCUT2D eigenvalue weighted by atomic mass is 35.5. The number of pyridine rings is 1. The van der Waals surface area contributed by atoms with Gasteiger partial charge in [-0.1, -0.05) is 29.8 Å². The van der Waals surface area contributed by atoms with Crippen LogP contribution in [0.25, 0.3) is 0 Å². The molecule has 1 heterocycles. The average Bonchev–Trinajstić information content (AvgIpc) is 2.41. The summed E-state index contributed by atoms with van der Waals surface area (Å²) in [5.74, 6) is 0. The zero-order valence-corrected chi connectivity index (χ0v) is 12.9. The topological polar surface area (TPSA) is 79.0 Å². The van der Waals surface area contributed by atoms with Gasteiger partial charge in [-0.15, -0.1) is 0 Å². The van der Waals surface area contributed by atoms with Crippen LogP contribution in [0.4, 0.5) is 0 Å². The lowest BCUT2D eigenvalue weighted by atomic mass is 10.1. The minimum Gasteiger partial charge on any atom is -0.366 e. The molecule has 1 aromatic heterocycles. The number of nitrogens with one attached hydrogen (secondary N) is 2. The Kier molecular flexibility index (Phi) is 4.82. The van der Waals surface area contributed by atoms with Crippen LogP contribution in [0.1, 0.15) is 12.5 Å². The number of H-pyrrole nitrogens is 1. The van der Waals surface area contributed by atoms with E-state index in [0.717, 1.165) is 5.56 Å². The maximum absolute atomic E-state index is 12.2. The molecule has 1 atom stereocenters. The van der Waals surface area contributed by atoms with E-state index < -0.39 is 21.5 Å². The molecule has 0 fully saturated rings. The van der Waals surface area contributed by atoms with Crippen LogP contribution in [0.15, 0.2) is 52.4 Å². The molecule has 2 aromatic rings. The maximum atomic E-state index is 12.2. The first-order chi connectivity index (χ1) is 9.90. The largest absolute Gasteiger partial charge is 0.366 e. The van der Waals surface area contributed by atoms with Crippen LogP contribution >= 0.6 is 11.6 Å². The van der Waals surface area contributed by atoms with Crippen LogP contribution in [0.5, 0.6) is 0 Å². The quantitative estimate of drug-likeness (QED) is 0.881. The number of halogens is 1. The number of hydrogen-bond acceptors (Lipinski definition) is 3.